The van der Waals surface area contributed by atoms with Crippen LogP contribution in [0.3, 0.4) is 0 Å². The molecule has 0 aliphatic heterocycles. The Morgan fingerprint density at radius 2 is 2.00 bits per heavy atom. The minimum absolute atomic E-state index is 0.0857. The Bertz CT molecular complexity index is 779. The van der Waals surface area contributed by atoms with Crippen LogP contribution in [0.15, 0.2) is 35.7 Å². The number of carbonyl (C=O) groups is 2. The lowest BCUT2D eigenvalue weighted by Gasteiger charge is -2.10. The highest BCUT2D eigenvalue weighted by molar-refractivity contribution is 7.99. The van der Waals surface area contributed by atoms with Crippen molar-refractivity contribution in [2.45, 2.75) is 31.8 Å². The van der Waals surface area contributed by atoms with Crippen molar-refractivity contribution in [3.8, 4) is 5.69 Å². The standard InChI is InChI=1S/C19H23N3O3S/c1-13-7-14(2)9-16(8-13)22-6-5-20-19(22)26-12-17(23)21-10-18(24)25-11-15-3-4-15/h5-9,15H,3-4,10-12H2,1-2H3,(H,21,23). The van der Waals surface area contributed by atoms with Gasteiger partial charge in [0.2, 0.25) is 5.91 Å². The zero-order valence-corrected chi connectivity index (χ0v) is 15.8. The molecule has 1 amide bonds. The van der Waals surface area contributed by atoms with Gasteiger partial charge in [0.05, 0.1) is 12.4 Å². The van der Waals surface area contributed by atoms with Gasteiger partial charge in [-0.05, 0) is 55.9 Å². The summed E-state index contributed by atoms with van der Waals surface area (Å²) in [7, 11) is 0. The number of amides is 1. The van der Waals surface area contributed by atoms with Gasteiger partial charge in [-0.1, -0.05) is 17.8 Å². The maximum absolute atomic E-state index is 12.0. The van der Waals surface area contributed by atoms with Gasteiger partial charge >= 0.3 is 5.97 Å². The second kappa shape index (κ2) is 8.40. The quantitative estimate of drug-likeness (QED) is 0.569. The van der Waals surface area contributed by atoms with Crippen molar-refractivity contribution in [1.29, 1.82) is 0 Å². The summed E-state index contributed by atoms with van der Waals surface area (Å²) in [6.07, 6.45) is 5.85. The van der Waals surface area contributed by atoms with E-state index < -0.39 is 0 Å². The van der Waals surface area contributed by atoms with E-state index in [-0.39, 0.29) is 24.2 Å². The van der Waals surface area contributed by atoms with Crippen LogP contribution in [0, 0.1) is 19.8 Å². The van der Waals surface area contributed by atoms with Crippen LogP contribution in [0.25, 0.3) is 5.69 Å². The van der Waals surface area contributed by atoms with Gasteiger partial charge in [-0.3, -0.25) is 14.2 Å². The van der Waals surface area contributed by atoms with Crippen molar-refractivity contribution in [2.24, 2.45) is 5.92 Å². The first-order valence-electron chi connectivity index (χ1n) is 8.68. The lowest BCUT2D eigenvalue weighted by molar-refractivity contribution is -0.144. The maximum Gasteiger partial charge on any atom is 0.325 e. The Labute approximate surface area is 157 Å². The minimum atomic E-state index is -0.382. The number of aromatic nitrogens is 2. The predicted molar refractivity (Wildman–Crippen MR) is 100 cm³/mol. The molecule has 1 fully saturated rings. The summed E-state index contributed by atoms with van der Waals surface area (Å²) < 4.78 is 7.05. The van der Waals surface area contributed by atoms with Gasteiger partial charge in [0.1, 0.15) is 6.54 Å². The van der Waals surface area contributed by atoms with Crippen LogP contribution in [0.5, 0.6) is 0 Å². The number of hydrogen-bond acceptors (Lipinski definition) is 5. The number of carbonyl (C=O) groups excluding carboxylic acids is 2. The van der Waals surface area contributed by atoms with E-state index in [2.05, 4.69) is 42.3 Å². The first-order valence-corrected chi connectivity index (χ1v) is 9.67. The second-order valence-electron chi connectivity index (χ2n) is 6.62. The van der Waals surface area contributed by atoms with Crippen molar-refractivity contribution in [2.75, 3.05) is 18.9 Å². The summed E-state index contributed by atoms with van der Waals surface area (Å²) in [5, 5.41) is 3.33. The molecule has 1 heterocycles. The first kappa shape index (κ1) is 18.5. The lowest BCUT2D eigenvalue weighted by atomic mass is 10.1. The molecule has 0 spiro atoms. The number of aryl methyl sites for hydroxylation is 2. The summed E-state index contributed by atoms with van der Waals surface area (Å²) >= 11 is 1.34. The molecule has 7 heteroatoms. The summed E-state index contributed by atoms with van der Waals surface area (Å²) in [5.41, 5.74) is 3.37. The summed E-state index contributed by atoms with van der Waals surface area (Å²) in [6, 6.07) is 6.27. The number of hydrogen-bond donors (Lipinski definition) is 1. The largest absolute Gasteiger partial charge is 0.464 e. The molecule has 0 unspecified atom stereocenters. The fourth-order valence-electron chi connectivity index (χ4n) is 2.58. The molecular formula is C19H23N3O3S. The predicted octanol–water partition coefficient (Wildman–Crippen LogP) is 2.65. The van der Waals surface area contributed by atoms with Crippen LogP contribution < -0.4 is 5.32 Å². The van der Waals surface area contributed by atoms with Crippen LogP contribution in [0.4, 0.5) is 0 Å². The zero-order chi connectivity index (χ0) is 18.5. The molecule has 26 heavy (non-hydrogen) atoms. The number of ether oxygens (including phenoxy) is 1. The Balaban J connectivity index is 1.49. The lowest BCUT2D eigenvalue weighted by Crippen LogP contribution is -2.32. The van der Waals surface area contributed by atoms with E-state index >= 15 is 0 Å². The topological polar surface area (TPSA) is 73.2 Å². The zero-order valence-electron chi connectivity index (χ0n) is 15.0. The van der Waals surface area contributed by atoms with Gasteiger partial charge in [-0.2, -0.15) is 0 Å². The van der Waals surface area contributed by atoms with Gasteiger partial charge < -0.3 is 10.1 Å². The summed E-state index contributed by atoms with van der Waals surface area (Å²) in [6.45, 7) is 4.49. The highest BCUT2D eigenvalue weighted by Crippen LogP contribution is 2.28. The fourth-order valence-corrected chi connectivity index (χ4v) is 3.38. The van der Waals surface area contributed by atoms with Crippen LogP contribution in [0.1, 0.15) is 24.0 Å². The number of nitrogens with zero attached hydrogens (tertiary/aromatic N) is 2. The number of esters is 1. The second-order valence-corrected chi connectivity index (χ2v) is 7.56. The van der Waals surface area contributed by atoms with Crippen LogP contribution in [-0.2, 0) is 14.3 Å². The molecule has 1 aliphatic rings. The smallest absolute Gasteiger partial charge is 0.325 e. The molecule has 0 saturated heterocycles. The van der Waals surface area contributed by atoms with E-state index in [0.29, 0.717) is 12.5 Å². The number of imidazole rings is 1. The molecule has 1 N–H and O–H groups in total. The van der Waals surface area contributed by atoms with E-state index in [1.54, 1.807) is 6.20 Å². The van der Waals surface area contributed by atoms with Crippen molar-refractivity contribution in [1.82, 2.24) is 14.9 Å². The molecule has 6 nitrogen and oxygen atoms in total. The number of benzene rings is 1. The minimum Gasteiger partial charge on any atom is -0.464 e. The van der Waals surface area contributed by atoms with E-state index in [0.717, 1.165) is 23.7 Å². The van der Waals surface area contributed by atoms with Crippen molar-refractivity contribution < 1.29 is 14.3 Å². The molecule has 1 aromatic carbocycles. The van der Waals surface area contributed by atoms with Crippen molar-refractivity contribution in [3.05, 3.63) is 41.7 Å². The van der Waals surface area contributed by atoms with Gasteiger partial charge in [0.25, 0.3) is 0 Å². The van der Waals surface area contributed by atoms with Crippen LogP contribution >= 0.6 is 11.8 Å². The fraction of sp³-hybridized carbons (Fsp3) is 0.421. The molecule has 3 rings (SSSR count). The van der Waals surface area contributed by atoms with Crippen molar-refractivity contribution >= 4 is 23.6 Å². The molecule has 1 aliphatic carbocycles. The number of thioether (sulfide) groups is 1. The highest BCUT2D eigenvalue weighted by Gasteiger charge is 2.23. The number of nitrogens with one attached hydrogen (secondary N) is 1. The van der Waals surface area contributed by atoms with Gasteiger partial charge in [0, 0.05) is 18.1 Å². The third-order valence-corrected chi connectivity index (χ3v) is 5.00. The SMILES string of the molecule is Cc1cc(C)cc(-n2ccnc2SCC(=O)NCC(=O)OCC2CC2)c1. The third kappa shape index (κ3) is 5.36. The molecule has 0 bridgehead atoms. The highest BCUT2D eigenvalue weighted by atomic mass is 32.2. The molecule has 0 atom stereocenters. The molecule has 1 saturated carbocycles. The summed E-state index contributed by atoms with van der Waals surface area (Å²) in [5.74, 6) is 0.118. The molecule has 2 aromatic rings. The molecule has 1 aromatic heterocycles. The van der Waals surface area contributed by atoms with Crippen molar-refractivity contribution in [3.63, 3.8) is 0 Å². The average Bonchev–Trinajstić information content (AvgIpc) is 3.31. The van der Waals surface area contributed by atoms with Crippen LogP contribution in [0.2, 0.25) is 0 Å². The molecule has 138 valence electrons. The molecule has 0 radical (unpaired) electrons. The monoisotopic (exact) mass is 373 g/mol. The van der Waals surface area contributed by atoms with E-state index in [4.69, 9.17) is 4.74 Å². The maximum atomic E-state index is 12.0. The Hall–Kier alpha value is -2.28. The van der Waals surface area contributed by atoms with Gasteiger partial charge in [-0.15, -0.1) is 0 Å². The van der Waals surface area contributed by atoms with E-state index in [9.17, 15) is 9.59 Å². The Morgan fingerprint density at radius 3 is 2.69 bits per heavy atom. The van der Waals surface area contributed by atoms with Gasteiger partial charge in [-0.25, -0.2) is 4.98 Å². The third-order valence-electron chi connectivity index (χ3n) is 4.03. The number of rotatable bonds is 8. The van der Waals surface area contributed by atoms with E-state index in [1.807, 2.05) is 10.8 Å². The normalized spacial score (nSPS) is 13.5. The Kier molecular flexibility index (Phi) is 5.98. The average molecular weight is 373 g/mol. The summed E-state index contributed by atoms with van der Waals surface area (Å²) in [4.78, 5) is 27.9. The van der Waals surface area contributed by atoms with Crippen LogP contribution in [-0.4, -0.2) is 40.3 Å². The molecular weight excluding hydrogens is 350 g/mol. The van der Waals surface area contributed by atoms with Gasteiger partial charge in [0.15, 0.2) is 5.16 Å². The Morgan fingerprint density at radius 1 is 1.27 bits per heavy atom. The van der Waals surface area contributed by atoms with E-state index in [1.165, 1.54) is 22.9 Å². The first-order chi connectivity index (χ1) is 12.5.